The maximum Gasteiger partial charge on any atom is 0.116 e. The fourth-order valence-corrected chi connectivity index (χ4v) is 7.22. The summed E-state index contributed by atoms with van der Waals surface area (Å²) < 4.78 is 0. The Morgan fingerprint density at radius 3 is 2.52 bits per heavy atom. The lowest BCUT2D eigenvalue weighted by molar-refractivity contribution is 0.0309. The van der Waals surface area contributed by atoms with Gasteiger partial charge in [-0.25, -0.2) is 0 Å². The molecule has 3 aliphatic carbocycles. The van der Waals surface area contributed by atoms with E-state index in [4.69, 9.17) is 0 Å². The number of aliphatic hydroxyl groups excluding tert-OH is 1. The Morgan fingerprint density at radius 2 is 1.79 bits per heavy atom. The van der Waals surface area contributed by atoms with E-state index >= 15 is 0 Å². The Kier molecular flexibility index (Phi) is 6.11. The lowest BCUT2D eigenvalue weighted by atomic mass is 9.55. The van der Waals surface area contributed by atoms with Crippen LogP contribution in [0.1, 0.15) is 82.8 Å². The molecule has 0 unspecified atom stereocenters. The Labute approximate surface area is 177 Å². The number of aromatic hydroxyl groups is 1. The van der Waals surface area contributed by atoms with Crippen molar-refractivity contribution in [3.05, 3.63) is 41.5 Å². The van der Waals surface area contributed by atoms with Crippen molar-refractivity contribution in [2.24, 2.45) is 28.6 Å². The molecule has 0 heterocycles. The number of allylic oxidation sites excluding steroid dienone is 2. The van der Waals surface area contributed by atoms with Gasteiger partial charge in [-0.05, 0) is 110 Å². The Bertz CT molecular complexity index is 730. The second-order valence-electron chi connectivity index (χ2n) is 11.1. The fraction of sp³-hybridized carbons (Fsp3) is 0.704. The fourth-order valence-electron chi connectivity index (χ4n) is 7.22. The summed E-state index contributed by atoms with van der Waals surface area (Å²) in [5.74, 6) is 2.65. The SMILES string of the molecule is C[C@@H]1CC=C[C@](C)([C@H]2C[C@H](Cc3cc(O)cc(CCO)c3)CC3(CCCC3)C2)C1. The largest absolute Gasteiger partial charge is 0.508 e. The van der Waals surface area contributed by atoms with E-state index in [-0.39, 0.29) is 6.61 Å². The van der Waals surface area contributed by atoms with Gasteiger partial charge in [-0.2, -0.15) is 0 Å². The van der Waals surface area contributed by atoms with Gasteiger partial charge in [0.1, 0.15) is 5.75 Å². The van der Waals surface area contributed by atoms with Gasteiger partial charge in [-0.3, -0.25) is 0 Å². The minimum atomic E-state index is 0.139. The third kappa shape index (κ3) is 4.74. The second-order valence-corrected chi connectivity index (χ2v) is 11.1. The van der Waals surface area contributed by atoms with E-state index in [1.165, 1.54) is 63.4 Å². The van der Waals surface area contributed by atoms with Crippen molar-refractivity contribution in [2.45, 2.75) is 84.5 Å². The van der Waals surface area contributed by atoms with E-state index in [0.29, 0.717) is 28.9 Å². The van der Waals surface area contributed by atoms with Crippen molar-refractivity contribution in [1.29, 1.82) is 0 Å². The summed E-state index contributed by atoms with van der Waals surface area (Å²) in [4.78, 5) is 0. The molecule has 4 atom stereocenters. The third-order valence-corrected chi connectivity index (χ3v) is 8.40. The maximum atomic E-state index is 10.2. The van der Waals surface area contributed by atoms with Crippen LogP contribution in [-0.4, -0.2) is 16.8 Å². The highest BCUT2D eigenvalue weighted by molar-refractivity contribution is 5.34. The van der Waals surface area contributed by atoms with Crippen LogP contribution in [0.3, 0.4) is 0 Å². The Morgan fingerprint density at radius 1 is 1.03 bits per heavy atom. The highest BCUT2D eigenvalue weighted by Crippen LogP contribution is 2.58. The zero-order chi connectivity index (χ0) is 20.5. The van der Waals surface area contributed by atoms with Crippen molar-refractivity contribution in [2.75, 3.05) is 6.61 Å². The predicted molar refractivity (Wildman–Crippen MR) is 120 cm³/mol. The zero-order valence-electron chi connectivity index (χ0n) is 18.5. The maximum absolute atomic E-state index is 10.2. The van der Waals surface area contributed by atoms with Gasteiger partial charge in [-0.1, -0.05) is 44.9 Å². The summed E-state index contributed by atoms with van der Waals surface area (Å²) in [6.45, 7) is 5.09. The molecule has 2 saturated carbocycles. The van der Waals surface area contributed by atoms with Crippen LogP contribution < -0.4 is 0 Å². The average molecular weight is 397 g/mol. The van der Waals surface area contributed by atoms with Gasteiger partial charge in [0.05, 0.1) is 0 Å². The predicted octanol–water partition coefficient (Wildman–Crippen LogP) is 6.44. The summed E-state index contributed by atoms with van der Waals surface area (Å²) in [5.41, 5.74) is 3.23. The first-order chi connectivity index (χ1) is 13.9. The van der Waals surface area contributed by atoms with Gasteiger partial charge >= 0.3 is 0 Å². The molecule has 0 radical (unpaired) electrons. The molecule has 2 heteroatoms. The van der Waals surface area contributed by atoms with Crippen molar-refractivity contribution < 1.29 is 10.2 Å². The molecular weight excluding hydrogens is 356 g/mol. The van der Waals surface area contributed by atoms with Gasteiger partial charge in [-0.15, -0.1) is 0 Å². The topological polar surface area (TPSA) is 40.5 Å². The van der Waals surface area contributed by atoms with Gasteiger partial charge in [0, 0.05) is 6.61 Å². The minimum Gasteiger partial charge on any atom is -0.508 e. The molecule has 1 spiro atoms. The van der Waals surface area contributed by atoms with E-state index in [2.05, 4.69) is 32.1 Å². The number of rotatable bonds is 5. The van der Waals surface area contributed by atoms with Crippen molar-refractivity contribution in [3.63, 3.8) is 0 Å². The number of phenolic OH excluding ortho intramolecular Hbond substituents is 1. The van der Waals surface area contributed by atoms with Crippen molar-refractivity contribution in [1.82, 2.24) is 0 Å². The first kappa shape index (κ1) is 21.0. The molecule has 2 nitrogen and oxygen atoms in total. The highest BCUT2D eigenvalue weighted by atomic mass is 16.3. The molecule has 0 aliphatic heterocycles. The Hall–Kier alpha value is -1.28. The standard InChI is InChI=1S/C27H40O2/c1-20-6-5-8-26(2,17-20)24-14-23(18-27(19-24)9-3-4-10-27)13-22-12-21(7-11-28)15-25(29)16-22/h5,8,12,15-16,20,23-24,28-29H,3-4,6-7,9-11,13-14,17-19H2,1-2H3/t20-,23+,24+,26+/m1/s1. The van der Waals surface area contributed by atoms with Crippen LogP contribution in [0.5, 0.6) is 5.75 Å². The molecule has 4 rings (SSSR count). The lowest BCUT2D eigenvalue weighted by Gasteiger charge is -2.50. The van der Waals surface area contributed by atoms with Gasteiger partial charge < -0.3 is 10.2 Å². The summed E-state index contributed by atoms with van der Waals surface area (Å²) in [5, 5.41) is 19.5. The van der Waals surface area contributed by atoms with Crippen molar-refractivity contribution in [3.8, 4) is 5.75 Å². The van der Waals surface area contributed by atoms with Gasteiger partial charge in [0.15, 0.2) is 0 Å². The molecule has 1 aromatic carbocycles. The molecule has 0 amide bonds. The van der Waals surface area contributed by atoms with Crippen LogP contribution in [0, 0.1) is 28.6 Å². The summed E-state index contributed by atoms with van der Waals surface area (Å²) in [6.07, 6.45) is 19.1. The average Bonchev–Trinajstić information content (AvgIpc) is 3.08. The van der Waals surface area contributed by atoms with Crippen molar-refractivity contribution >= 4 is 0 Å². The lowest BCUT2D eigenvalue weighted by Crippen LogP contribution is -2.40. The van der Waals surface area contributed by atoms with E-state index in [1.54, 1.807) is 6.07 Å². The number of phenols is 1. The zero-order valence-corrected chi connectivity index (χ0v) is 18.5. The first-order valence-electron chi connectivity index (χ1n) is 12.0. The molecule has 160 valence electrons. The van der Waals surface area contributed by atoms with Gasteiger partial charge in [0.25, 0.3) is 0 Å². The molecule has 2 N–H and O–H groups in total. The molecule has 2 fully saturated rings. The molecule has 0 aromatic heterocycles. The normalized spacial score (nSPS) is 34.0. The van der Waals surface area contributed by atoms with Crippen LogP contribution in [0.25, 0.3) is 0 Å². The molecule has 29 heavy (non-hydrogen) atoms. The molecule has 3 aliphatic rings. The van der Waals surface area contributed by atoms with Gasteiger partial charge in [0.2, 0.25) is 0 Å². The minimum absolute atomic E-state index is 0.139. The summed E-state index contributed by atoms with van der Waals surface area (Å²) in [7, 11) is 0. The second kappa shape index (κ2) is 8.46. The summed E-state index contributed by atoms with van der Waals surface area (Å²) in [6, 6.07) is 5.97. The number of hydrogen-bond donors (Lipinski definition) is 2. The van der Waals surface area contributed by atoms with E-state index < -0.39 is 0 Å². The third-order valence-electron chi connectivity index (χ3n) is 8.40. The van der Waals surface area contributed by atoms with Crippen LogP contribution in [0.15, 0.2) is 30.4 Å². The highest BCUT2D eigenvalue weighted by Gasteiger charge is 2.47. The molecule has 0 bridgehead atoms. The van der Waals surface area contributed by atoms with Crippen LogP contribution in [0.4, 0.5) is 0 Å². The molecule has 0 saturated heterocycles. The van der Waals surface area contributed by atoms with E-state index in [9.17, 15) is 10.2 Å². The van der Waals surface area contributed by atoms with Crippen LogP contribution in [0.2, 0.25) is 0 Å². The Balaban J connectivity index is 1.56. The number of aliphatic hydroxyl groups is 1. The molecule has 1 aromatic rings. The quantitative estimate of drug-likeness (QED) is 0.562. The van der Waals surface area contributed by atoms with Crippen LogP contribution >= 0.6 is 0 Å². The smallest absolute Gasteiger partial charge is 0.116 e. The number of benzene rings is 1. The number of hydrogen-bond acceptors (Lipinski definition) is 2. The molecular formula is C27H40O2. The van der Waals surface area contributed by atoms with E-state index in [1.807, 2.05) is 6.07 Å². The monoisotopic (exact) mass is 396 g/mol. The first-order valence-corrected chi connectivity index (χ1v) is 12.0. The van der Waals surface area contributed by atoms with E-state index in [0.717, 1.165) is 23.8 Å². The van der Waals surface area contributed by atoms with Crippen LogP contribution in [-0.2, 0) is 12.8 Å². The summed E-state index contributed by atoms with van der Waals surface area (Å²) >= 11 is 0.